The standard InChI is InChI=1S/C13H27N.C2H6/c1-6-12(2,3)11-13(4,5)14-9-7-8-10-14;1-2/h6-11H2,1-5H3;1-2H3. The third-order valence-electron chi connectivity index (χ3n) is 3.83. The maximum absolute atomic E-state index is 2.67. The molecule has 1 heteroatoms. The van der Waals surface area contributed by atoms with E-state index >= 15 is 0 Å². The van der Waals surface area contributed by atoms with Crippen LogP contribution in [0.3, 0.4) is 0 Å². The predicted octanol–water partition coefficient (Wildman–Crippen LogP) is 4.71. The van der Waals surface area contributed by atoms with Gasteiger partial charge in [-0.05, 0) is 51.6 Å². The van der Waals surface area contributed by atoms with Gasteiger partial charge in [0.25, 0.3) is 0 Å². The Kier molecular flexibility index (Phi) is 6.62. The van der Waals surface area contributed by atoms with Crippen molar-refractivity contribution in [2.24, 2.45) is 5.41 Å². The van der Waals surface area contributed by atoms with E-state index in [1.54, 1.807) is 0 Å². The summed E-state index contributed by atoms with van der Waals surface area (Å²) in [5.74, 6) is 0. The molecule has 0 atom stereocenters. The van der Waals surface area contributed by atoms with Crippen LogP contribution in [-0.4, -0.2) is 23.5 Å². The van der Waals surface area contributed by atoms with Crippen LogP contribution in [0.4, 0.5) is 0 Å². The zero-order chi connectivity index (χ0) is 12.8. The van der Waals surface area contributed by atoms with E-state index in [1.807, 2.05) is 13.8 Å². The molecule has 0 spiro atoms. The second-order valence-corrected chi connectivity index (χ2v) is 6.20. The van der Waals surface area contributed by atoms with Gasteiger partial charge in [0.15, 0.2) is 0 Å². The van der Waals surface area contributed by atoms with E-state index in [1.165, 1.54) is 38.8 Å². The van der Waals surface area contributed by atoms with E-state index in [9.17, 15) is 0 Å². The van der Waals surface area contributed by atoms with Crippen LogP contribution >= 0.6 is 0 Å². The summed E-state index contributed by atoms with van der Waals surface area (Å²) >= 11 is 0. The average molecular weight is 227 g/mol. The van der Waals surface area contributed by atoms with Crippen LogP contribution in [-0.2, 0) is 0 Å². The minimum Gasteiger partial charge on any atom is -0.298 e. The van der Waals surface area contributed by atoms with Crippen LogP contribution in [0.1, 0.15) is 74.1 Å². The Morgan fingerprint density at radius 2 is 1.38 bits per heavy atom. The zero-order valence-corrected chi connectivity index (χ0v) is 12.7. The summed E-state index contributed by atoms with van der Waals surface area (Å²) < 4.78 is 0. The number of hydrogen-bond donors (Lipinski definition) is 0. The van der Waals surface area contributed by atoms with Crippen LogP contribution in [0.2, 0.25) is 0 Å². The van der Waals surface area contributed by atoms with Crippen LogP contribution in [0.5, 0.6) is 0 Å². The molecule has 0 radical (unpaired) electrons. The third-order valence-corrected chi connectivity index (χ3v) is 3.83. The first-order valence-electron chi connectivity index (χ1n) is 7.12. The molecule has 1 fully saturated rings. The number of rotatable bonds is 4. The lowest BCUT2D eigenvalue weighted by Crippen LogP contribution is -2.44. The van der Waals surface area contributed by atoms with Gasteiger partial charge in [0, 0.05) is 5.54 Å². The maximum atomic E-state index is 2.67. The fourth-order valence-corrected chi connectivity index (χ4v) is 2.73. The highest BCUT2D eigenvalue weighted by Gasteiger charge is 2.33. The van der Waals surface area contributed by atoms with E-state index < -0.39 is 0 Å². The molecule has 1 aliphatic heterocycles. The molecule has 0 aromatic carbocycles. The molecule has 16 heavy (non-hydrogen) atoms. The highest BCUT2D eigenvalue weighted by atomic mass is 15.2. The SMILES string of the molecule is CC.CCC(C)(C)CC(C)(C)N1CCCC1. The first-order chi connectivity index (χ1) is 7.37. The van der Waals surface area contributed by atoms with Gasteiger partial charge in [-0.3, -0.25) is 4.90 Å². The summed E-state index contributed by atoms with van der Waals surface area (Å²) in [7, 11) is 0. The molecule has 0 aliphatic carbocycles. The molecule has 0 aromatic rings. The van der Waals surface area contributed by atoms with Crippen molar-refractivity contribution < 1.29 is 0 Å². The van der Waals surface area contributed by atoms with E-state index in [2.05, 4.69) is 39.5 Å². The van der Waals surface area contributed by atoms with Gasteiger partial charge in [-0.15, -0.1) is 0 Å². The zero-order valence-electron chi connectivity index (χ0n) is 12.7. The van der Waals surface area contributed by atoms with Gasteiger partial charge in [0.05, 0.1) is 0 Å². The van der Waals surface area contributed by atoms with Crippen LogP contribution < -0.4 is 0 Å². The second-order valence-electron chi connectivity index (χ2n) is 6.20. The van der Waals surface area contributed by atoms with Gasteiger partial charge < -0.3 is 0 Å². The minimum atomic E-state index is 0.399. The summed E-state index contributed by atoms with van der Waals surface area (Å²) in [6.45, 7) is 18.5. The van der Waals surface area contributed by atoms with Crippen molar-refractivity contribution in [2.75, 3.05) is 13.1 Å². The molecule has 1 nitrogen and oxygen atoms in total. The molecule has 0 bridgehead atoms. The molecule has 0 unspecified atom stereocenters. The van der Waals surface area contributed by atoms with Gasteiger partial charge in [-0.2, -0.15) is 0 Å². The Bertz CT molecular complexity index is 176. The predicted molar refractivity (Wildman–Crippen MR) is 74.9 cm³/mol. The molecular weight excluding hydrogens is 194 g/mol. The first-order valence-corrected chi connectivity index (χ1v) is 7.12. The number of likely N-dealkylation sites (tertiary alicyclic amines) is 1. The summed E-state index contributed by atoms with van der Waals surface area (Å²) in [6.07, 6.45) is 5.40. The summed E-state index contributed by atoms with van der Waals surface area (Å²) in [5.41, 5.74) is 0.891. The topological polar surface area (TPSA) is 3.24 Å². The van der Waals surface area contributed by atoms with Crippen molar-refractivity contribution in [3.05, 3.63) is 0 Å². The van der Waals surface area contributed by atoms with Crippen molar-refractivity contribution in [1.29, 1.82) is 0 Å². The highest BCUT2D eigenvalue weighted by Crippen LogP contribution is 2.35. The van der Waals surface area contributed by atoms with Crippen molar-refractivity contribution in [3.8, 4) is 0 Å². The summed E-state index contributed by atoms with van der Waals surface area (Å²) in [6, 6.07) is 0. The molecule has 1 aliphatic rings. The normalized spacial score (nSPS) is 18.2. The van der Waals surface area contributed by atoms with Crippen LogP contribution in [0.25, 0.3) is 0 Å². The summed E-state index contributed by atoms with van der Waals surface area (Å²) in [5, 5.41) is 0. The van der Waals surface area contributed by atoms with Crippen LogP contribution in [0, 0.1) is 5.41 Å². The fourth-order valence-electron chi connectivity index (χ4n) is 2.73. The van der Waals surface area contributed by atoms with Crippen LogP contribution in [0.15, 0.2) is 0 Å². The largest absolute Gasteiger partial charge is 0.298 e. The molecule has 1 saturated heterocycles. The Balaban J connectivity index is 0.00000106. The van der Waals surface area contributed by atoms with E-state index in [0.29, 0.717) is 11.0 Å². The molecule has 98 valence electrons. The molecule has 1 heterocycles. The van der Waals surface area contributed by atoms with Gasteiger partial charge in [-0.25, -0.2) is 0 Å². The van der Waals surface area contributed by atoms with Crippen molar-refractivity contribution in [3.63, 3.8) is 0 Å². The first kappa shape index (κ1) is 16.0. The van der Waals surface area contributed by atoms with Gasteiger partial charge in [0.2, 0.25) is 0 Å². The van der Waals surface area contributed by atoms with Crippen molar-refractivity contribution in [1.82, 2.24) is 4.90 Å². The molecule has 0 saturated carbocycles. The molecule has 0 N–H and O–H groups in total. The van der Waals surface area contributed by atoms with E-state index in [-0.39, 0.29) is 0 Å². The number of hydrogen-bond acceptors (Lipinski definition) is 1. The van der Waals surface area contributed by atoms with E-state index in [0.717, 1.165) is 0 Å². The smallest absolute Gasteiger partial charge is 0.0158 e. The molecule has 0 aromatic heterocycles. The average Bonchev–Trinajstić information content (AvgIpc) is 2.73. The van der Waals surface area contributed by atoms with Gasteiger partial charge in [-0.1, -0.05) is 41.0 Å². The van der Waals surface area contributed by atoms with Gasteiger partial charge >= 0.3 is 0 Å². The molecular formula is C15H33N. The second kappa shape index (κ2) is 6.64. The van der Waals surface area contributed by atoms with Crippen molar-refractivity contribution >= 4 is 0 Å². The molecule has 1 rings (SSSR count). The monoisotopic (exact) mass is 227 g/mol. The quantitative estimate of drug-likeness (QED) is 0.672. The van der Waals surface area contributed by atoms with E-state index in [4.69, 9.17) is 0 Å². The fraction of sp³-hybridized carbons (Fsp3) is 1.00. The Morgan fingerprint density at radius 1 is 0.938 bits per heavy atom. The lowest BCUT2D eigenvalue weighted by molar-refractivity contribution is 0.0930. The third kappa shape index (κ3) is 4.86. The number of nitrogens with zero attached hydrogens (tertiary/aromatic N) is 1. The minimum absolute atomic E-state index is 0.399. The maximum Gasteiger partial charge on any atom is 0.0158 e. The highest BCUT2D eigenvalue weighted by molar-refractivity contribution is 4.89. The summed E-state index contributed by atoms with van der Waals surface area (Å²) in [4.78, 5) is 2.67. The van der Waals surface area contributed by atoms with Gasteiger partial charge in [0.1, 0.15) is 0 Å². The lowest BCUT2D eigenvalue weighted by Gasteiger charge is -2.41. The Labute approximate surface area is 104 Å². The van der Waals surface area contributed by atoms with Crippen molar-refractivity contribution in [2.45, 2.75) is 79.7 Å². The Hall–Kier alpha value is -0.0400. The Morgan fingerprint density at radius 3 is 1.75 bits per heavy atom. The molecule has 0 amide bonds. The lowest BCUT2D eigenvalue weighted by atomic mass is 9.77.